The first-order valence-corrected chi connectivity index (χ1v) is 6.16. The average Bonchev–Trinajstić information content (AvgIpc) is 2.32. The van der Waals surface area contributed by atoms with Crippen LogP contribution in [0.2, 0.25) is 10.0 Å². The van der Waals surface area contributed by atoms with Gasteiger partial charge in [0.1, 0.15) is 11.6 Å². The molecule has 0 aliphatic rings. The number of carbonyl (C=O) groups is 1. The van der Waals surface area contributed by atoms with Gasteiger partial charge in [-0.15, -0.1) is 0 Å². The molecule has 0 saturated carbocycles. The lowest BCUT2D eigenvalue weighted by Gasteiger charge is -2.06. The third kappa shape index (κ3) is 3.11. The zero-order chi connectivity index (χ0) is 14.0. The van der Waals surface area contributed by atoms with Crippen LogP contribution in [0.3, 0.4) is 0 Å². The van der Waals surface area contributed by atoms with E-state index in [1.165, 1.54) is 24.3 Å². The first kappa shape index (κ1) is 14.0. The lowest BCUT2D eigenvalue weighted by atomic mass is 10.0. The highest BCUT2D eigenvalue weighted by molar-refractivity contribution is 6.34. The molecule has 0 atom stereocenters. The Bertz CT molecular complexity index is 621. The van der Waals surface area contributed by atoms with Crippen LogP contribution in [0.15, 0.2) is 36.4 Å². The van der Waals surface area contributed by atoms with Crippen LogP contribution >= 0.6 is 23.2 Å². The molecule has 0 amide bonds. The highest BCUT2D eigenvalue weighted by atomic mass is 35.5. The summed E-state index contributed by atoms with van der Waals surface area (Å²) in [5.74, 6) is -1.68. The zero-order valence-electron chi connectivity index (χ0n) is 9.59. The molecule has 98 valence electrons. The molecule has 2 aromatic rings. The van der Waals surface area contributed by atoms with E-state index >= 15 is 0 Å². The Morgan fingerprint density at radius 1 is 1.05 bits per heavy atom. The molecular formula is C14H8Cl2F2O. The van der Waals surface area contributed by atoms with Crippen molar-refractivity contribution < 1.29 is 13.6 Å². The first-order valence-electron chi connectivity index (χ1n) is 5.40. The molecule has 19 heavy (non-hydrogen) atoms. The van der Waals surface area contributed by atoms with Crippen LogP contribution < -0.4 is 0 Å². The van der Waals surface area contributed by atoms with Gasteiger partial charge in [0, 0.05) is 11.4 Å². The maximum absolute atomic E-state index is 13.6. The minimum Gasteiger partial charge on any atom is -0.294 e. The van der Waals surface area contributed by atoms with Gasteiger partial charge in [-0.2, -0.15) is 0 Å². The van der Waals surface area contributed by atoms with Crippen LogP contribution in [0.4, 0.5) is 8.78 Å². The summed E-state index contributed by atoms with van der Waals surface area (Å²) in [6.45, 7) is 0. The zero-order valence-corrected chi connectivity index (χ0v) is 11.1. The maximum atomic E-state index is 13.6. The van der Waals surface area contributed by atoms with Crippen molar-refractivity contribution in [3.8, 4) is 0 Å². The van der Waals surface area contributed by atoms with E-state index in [1.807, 2.05) is 0 Å². The Morgan fingerprint density at radius 2 is 1.79 bits per heavy atom. The molecule has 2 aromatic carbocycles. The quantitative estimate of drug-likeness (QED) is 0.751. The molecule has 0 aromatic heterocycles. The lowest BCUT2D eigenvalue weighted by Crippen LogP contribution is -2.07. The molecule has 0 saturated heterocycles. The van der Waals surface area contributed by atoms with E-state index in [0.29, 0.717) is 5.56 Å². The minimum atomic E-state index is -0.685. The van der Waals surface area contributed by atoms with Crippen molar-refractivity contribution in [2.45, 2.75) is 6.42 Å². The van der Waals surface area contributed by atoms with E-state index in [-0.39, 0.29) is 22.0 Å². The molecule has 0 unspecified atom stereocenters. The van der Waals surface area contributed by atoms with E-state index in [0.717, 1.165) is 12.1 Å². The summed E-state index contributed by atoms with van der Waals surface area (Å²) in [5, 5.41) is 0.170. The first-order chi connectivity index (χ1) is 8.99. The summed E-state index contributed by atoms with van der Waals surface area (Å²) >= 11 is 11.6. The molecule has 0 N–H and O–H groups in total. The average molecular weight is 301 g/mol. The molecule has 0 bridgehead atoms. The topological polar surface area (TPSA) is 17.1 Å². The van der Waals surface area contributed by atoms with Gasteiger partial charge in [-0.3, -0.25) is 4.79 Å². The Kier molecular flexibility index (Phi) is 4.17. The van der Waals surface area contributed by atoms with Crippen molar-refractivity contribution in [1.82, 2.24) is 0 Å². The van der Waals surface area contributed by atoms with Crippen LogP contribution in [-0.2, 0) is 6.42 Å². The summed E-state index contributed by atoms with van der Waals surface area (Å²) in [6, 6.07) is 7.70. The van der Waals surface area contributed by atoms with E-state index in [4.69, 9.17) is 23.2 Å². The molecule has 0 aliphatic carbocycles. The van der Waals surface area contributed by atoms with E-state index in [2.05, 4.69) is 0 Å². The van der Waals surface area contributed by atoms with Crippen LogP contribution in [-0.4, -0.2) is 5.78 Å². The van der Waals surface area contributed by atoms with Gasteiger partial charge >= 0.3 is 0 Å². The molecule has 2 rings (SSSR count). The van der Waals surface area contributed by atoms with Crippen molar-refractivity contribution in [3.05, 3.63) is 69.2 Å². The second-order valence-corrected chi connectivity index (χ2v) is 4.75. The normalized spacial score (nSPS) is 10.5. The van der Waals surface area contributed by atoms with Crippen molar-refractivity contribution in [1.29, 1.82) is 0 Å². The molecular weight excluding hydrogens is 293 g/mol. The fourth-order valence-corrected chi connectivity index (χ4v) is 2.19. The van der Waals surface area contributed by atoms with Gasteiger partial charge in [0.2, 0.25) is 0 Å². The van der Waals surface area contributed by atoms with Crippen LogP contribution in [0.25, 0.3) is 0 Å². The highest BCUT2D eigenvalue weighted by Crippen LogP contribution is 2.23. The number of benzene rings is 2. The number of carbonyl (C=O) groups excluding carboxylic acids is 1. The number of ketones is 1. The predicted octanol–water partition coefficient (Wildman–Crippen LogP) is 4.70. The number of hydrogen-bond acceptors (Lipinski definition) is 1. The molecule has 1 nitrogen and oxygen atoms in total. The molecule has 0 aliphatic heterocycles. The van der Waals surface area contributed by atoms with Gasteiger partial charge in [0.05, 0.1) is 10.6 Å². The van der Waals surface area contributed by atoms with Gasteiger partial charge in [-0.25, -0.2) is 8.78 Å². The fourth-order valence-electron chi connectivity index (χ4n) is 1.69. The molecule has 0 radical (unpaired) electrons. The van der Waals surface area contributed by atoms with Gasteiger partial charge in [-0.1, -0.05) is 35.3 Å². The number of Topliss-reactive ketones (excluding diaryl/α,β-unsaturated/α-hetero) is 1. The van der Waals surface area contributed by atoms with Crippen molar-refractivity contribution in [3.63, 3.8) is 0 Å². The maximum Gasteiger partial charge on any atom is 0.171 e. The van der Waals surface area contributed by atoms with Crippen LogP contribution in [0.1, 0.15) is 15.9 Å². The number of rotatable bonds is 3. The molecule has 0 spiro atoms. The van der Waals surface area contributed by atoms with Crippen molar-refractivity contribution in [2.75, 3.05) is 0 Å². The highest BCUT2D eigenvalue weighted by Gasteiger charge is 2.17. The summed E-state index contributed by atoms with van der Waals surface area (Å²) in [4.78, 5) is 12.0. The monoisotopic (exact) mass is 300 g/mol. The second-order valence-electron chi connectivity index (χ2n) is 3.93. The van der Waals surface area contributed by atoms with Gasteiger partial charge < -0.3 is 0 Å². The van der Waals surface area contributed by atoms with Crippen molar-refractivity contribution >= 4 is 29.0 Å². The van der Waals surface area contributed by atoms with Crippen LogP contribution in [0, 0.1) is 11.6 Å². The summed E-state index contributed by atoms with van der Waals surface area (Å²) in [7, 11) is 0. The van der Waals surface area contributed by atoms with Gasteiger partial charge in [0.15, 0.2) is 5.78 Å². The largest absolute Gasteiger partial charge is 0.294 e. The summed E-state index contributed by atoms with van der Waals surface area (Å²) in [6.07, 6.45) is -0.139. The molecule has 0 heterocycles. The van der Waals surface area contributed by atoms with E-state index in [1.54, 1.807) is 0 Å². The number of hydrogen-bond donors (Lipinski definition) is 0. The second kappa shape index (κ2) is 5.68. The fraction of sp³-hybridized carbons (Fsp3) is 0.0714. The summed E-state index contributed by atoms with van der Waals surface area (Å²) < 4.78 is 26.5. The molecule has 0 fully saturated rings. The number of halogens is 4. The Labute approximate surface area is 118 Å². The molecule has 5 heteroatoms. The van der Waals surface area contributed by atoms with Gasteiger partial charge in [-0.05, 0) is 29.8 Å². The smallest absolute Gasteiger partial charge is 0.171 e. The van der Waals surface area contributed by atoms with E-state index in [9.17, 15) is 13.6 Å². The standard InChI is InChI=1S/C14H8Cl2F2O/c15-10-2-1-3-12(18)14(10)13(19)6-8-4-5-9(17)7-11(8)16/h1-5,7H,6H2. The van der Waals surface area contributed by atoms with E-state index < -0.39 is 17.4 Å². The van der Waals surface area contributed by atoms with Gasteiger partial charge in [0.25, 0.3) is 0 Å². The SMILES string of the molecule is O=C(Cc1ccc(F)cc1Cl)c1c(F)cccc1Cl. The Balaban J connectivity index is 2.31. The van der Waals surface area contributed by atoms with Crippen LogP contribution in [0.5, 0.6) is 0 Å². The third-order valence-electron chi connectivity index (χ3n) is 2.61. The minimum absolute atomic E-state index is 0.0447. The predicted molar refractivity (Wildman–Crippen MR) is 70.9 cm³/mol. The lowest BCUT2D eigenvalue weighted by molar-refractivity contribution is 0.0989. The van der Waals surface area contributed by atoms with Crippen molar-refractivity contribution in [2.24, 2.45) is 0 Å². The summed E-state index contributed by atoms with van der Waals surface area (Å²) in [5.41, 5.74) is 0.247. The Morgan fingerprint density at radius 3 is 2.42 bits per heavy atom. The third-order valence-corrected chi connectivity index (χ3v) is 3.27. The Hall–Kier alpha value is -1.45.